The third-order valence-corrected chi connectivity index (χ3v) is 6.06. The molecule has 2 aromatic rings. The molecule has 0 fully saturated rings. The molecule has 1 N–H and O–H groups in total. The number of rotatable bonds is 11. The number of carbonyl (C=O) groups excluding carboxylic acids is 2. The van der Waals surface area contributed by atoms with Gasteiger partial charge in [-0.25, -0.2) is 0 Å². The van der Waals surface area contributed by atoms with Gasteiger partial charge in [0.15, 0.2) is 6.61 Å². The zero-order valence-electron chi connectivity index (χ0n) is 19.8. The molecule has 0 unspecified atom stereocenters. The predicted molar refractivity (Wildman–Crippen MR) is 130 cm³/mol. The van der Waals surface area contributed by atoms with E-state index in [9.17, 15) is 9.59 Å². The summed E-state index contributed by atoms with van der Waals surface area (Å²) in [4.78, 5) is 27.8. The molecule has 0 saturated carbocycles. The summed E-state index contributed by atoms with van der Waals surface area (Å²) in [7, 11) is 0. The van der Waals surface area contributed by atoms with E-state index < -0.39 is 6.04 Å². The molecular formula is C26H35ClN2O3. The lowest BCUT2D eigenvalue weighted by molar-refractivity contribution is -0.143. The smallest absolute Gasteiger partial charge is 0.261 e. The average Bonchev–Trinajstić information content (AvgIpc) is 2.77. The standard InChI is InChI=1S/C26H35ClN2O3/c1-6-8-13-28-26(31)23(7-2)29(16-21-11-9-18(3)10-12-21)24(30)17-32-22-14-19(4)25(27)20(5)15-22/h9-12,14-15,23H,6-8,13,16-17H2,1-5H3,(H,28,31)/t23-/m1/s1. The summed E-state index contributed by atoms with van der Waals surface area (Å²) in [5.74, 6) is 0.237. The summed E-state index contributed by atoms with van der Waals surface area (Å²) < 4.78 is 5.81. The Hall–Kier alpha value is -2.53. The summed E-state index contributed by atoms with van der Waals surface area (Å²) in [5.41, 5.74) is 3.91. The number of hydrogen-bond acceptors (Lipinski definition) is 3. The Balaban J connectivity index is 2.20. The van der Waals surface area contributed by atoms with Crippen LogP contribution in [0.15, 0.2) is 36.4 Å². The number of benzene rings is 2. The maximum atomic E-state index is 13.3. The Labute approximate surface area is 197 Å². The van der Waals surface area contributed by atoms with E-state index in [2.05, 4.69) is 12.2 Å². The molecule has 2 amide bonds. The molecule has 0 radical (unpaired) electrons. The molecule has 0 heterocycles. The van der Waals surface area contributed by atoms with Crippen LogP contribution in [0.3, 0.4) is 0 Å². The number of ether oxygens (including phenoxy) is 1. The molecule has 0 spiro atoms. The molecule has 0 saturated heterocycles. The van der Waals surface area contributed by atoms with Crippen molar-refractivity contribution in [2.75, 3.05) is 13.2 Å². The van der Waals surface area contributed by atoms with Crippen molar-refractivity contribution in [2.24, 2.45) is 0 Å². The van der Waals surface area contributed by atoms with Crippen molar-refractivity contribution in [3.05, 3.63) is 63.7 Å². The maximum Gasteiger partial charge on any atom is 0.261 e. The van der Waals surface area contributed by atoms with Crippen LogP contribution in [0, 0.1) is 20.8 Å². The van der Waals surface area contributed by atoms with Gasteiger partial charge in [-0.05, 0) is 62.4 Å². The summed E-state index contributed by atoms with van der Waals surface area (Å²) >= 11 is 6.24. The molecule has 0 aliphatic heterocycles. The molecule has 174 valence electrons. The Kier molecular flexibility index (Phi) is 10.0. The highest BCUT2D eigenvalue weighted by atomic mass is 35.5. The fraction of sp³-hybridized carbons (Fsp3) is 0.462. The van der Waals surface area contributed by atoms with E-state index in [1.54, 1.807) is 4.90 Å². The predicted octanol–water partition coefficient (Wildman–Crippen LogP) is 5.37. The third-order valence-electron chi connectivity index (χ3n) is 5.46. The van der Waals surface area contributed by atoms with Crippen molar-refractivity contribution in [3.8, 4) is 5.75 Å². The van der Waals surface area contributed by atoms with E-state index in [-0.39, 0.29) is 18.4 Å². The summed E-state index contributed by atoms with van der Waals surface area (Å²) in [6, 6.07) is 11.1. The zero-order valence-corrected chi connectivity index (χ0v) is 20.6. The second kappa shape index (κ2) is 12.5. The lowest BCUT2D eigenvalue weighted by atomic mass is 10.1. The van der Waals surface area contributed by atoms with Gasteiger partial charge in [0.1, 0.15) is 11.8 Å². The van der Waals surface area contributed by atoms with Crippen LogP contribution in [0.4, 0.5) is 0 Å². The van der Waals surface area contributed by atoms with Crippen molar-refractivity contribution in [1.29, 1.82) is 0 Å². The Morgan fingerprint density at radius 1 is 1.06 bits per heavy atom. The molecule has 0 aliphatic carbocycles. The number of unbranched alkanes of at least 4 members (excludes halogenated alkanes) is 1. The summed E-state index contributed by atoms with van der Waals surface area (Å²) in [6.07, 6.45) is 2.43. The number of carbonyl (C=O) groups is 2. The van der Waals surface area contributed by atoms with Crippen molar-refractivity contribution >= 4 is 23.4 Å². The third kappa shape index (κ3) is 7.27. The van der Waals surface area contributed by atoms with Gasteiger partial charge < -0.3 is 15.0 Å². The van der Waals surface area contributed by atoms with Gasteiger partial charge in [-0.1, -0.05) is 61.7 Å². The molecule has 2 aromatic carbocycles. The molecule has 2 rings (SSSR count). The summed E-state index contributed by atoms with van der Waals surface area (Å²) in [5, 5.41) is 3.67. The number of nitrogens with one attached hydrogen (secondary N) is 1. The number of aryl methyl sites for hydroxylation is 3. The van der Waals surface area contributed by atoms with Gasteiger partial charge in [0, 0.05) is 18.1 Å². The van der Waals surface area contributed by atoms with Gasteiger partial charge in [0.2, 0.25) is 5.91 Å². The van der Waals surface area contributed by atoms with E-state index in [0.717, 1.165) is 35.1 Å². The number of nitrogens with zero attached hydrogens (tertiary/aromatic N) is 1. The van der Waals surface area contributed by atoms with Crippen LogP contribution >= 0.6 is 11.6 Å². The van der Waals surface area contributed by atoms with Crippen molar-refractivity contribution in [1.82, 2.24) is 10.2 Å². The van der Waals surface area contributed by atoms with E-state index in [1.807, 2.05) is 64.1 Å². The first-order valence-electron chi connectivity index (χ1n) is 11.3. The number of amides is 2. The Bertz CT molecular complexity index is 889. The minimum Gasteiger partial charge on any atom is -0.484 e. The molecule has 0 aromatic heterocycles. The monoisotopic (exact) mass is 458 g/mol. The van der Waals surface area contributed by atoms with E-state index in [1.165, 1.54) is 0 Å². The topological polar surface area (TPSA) is 58.6 Å². The van der Waals surface area contributed by atoms with Crippen LogP contribution in [-0.4, -0.2) is 35.9 Å². The van der Waals surface area contributed by atoms with Crippen LogP contribution in [-0.2, 0) is 16.1 Å². The first-order valence-corrected chi connectivity index (χ1v) is 11.7. The van der Waals surface area contributed by atoms with E-state index in [0.29, 0.717) is 30.3 Å². The van der Waals surface area contributed by atoms with Gasteiger partial charge in [0.25, 0.3) is 5.91 Å². The molecule has 0 bridgehead atoms. The highest BCUT2D eigenvalue weighted by Gasteiger charge is 2.28. The fourth-order valence-corrected chi connectivity index (χ4v) is 3.64. The second-order valence-corrected chi connectivity index (χ2v) is 8.61. The molecular weight excluding hydrogens is 424 g/mol. The van der Waals surface area contributed by atoms with Gasteiger partial charge in [0.05, 0.1) is 0 Å². The van der Waals surface area contributed by atoms with Gasteiger partial charge in [-0.3, -0.25) is 9.59 Å². The first kappa shape index (κ1) is 25.7. The van der Waals surface area contributed by atoms with Crippen LogP contribution < -0.4 is 10.1 Å². The fourth-order valence-electron chi connectivity index (χ4n) is 3.53. The first-order chi connectivity index (χ1) is 15.3. The number of halogens is 1. The van der Waals surface area contributed by atoms with E-state index >= 15 is 0 Å². The largest absolute Gasteiger partial charge is 0.484 e. The quantitative estimate of drug-likeness (QED) is 0.460. The van der Waals surface area contributed by atoms with Crippen LogP contribution in [0.1, 0.15) is 55.4 Å². The van der Waals surface area contributed by atoms with Gasteiger partial charge >= 0.3 is 0 Å². The van der Waals surface area contributed by atoms with Crippen LogP contribution in [0.25, 0.3) is 0 Å². The Morgan fingerprint density at radius 2 is 1.69 bits per heavy atom. The Morgan fingerprint density at radius 3 is 2.25 bits per heavy atom. The maximum absolute atomic E-state index is 13.3. The van der Waals surface area contributed by atoms with E-state index in [4.69, 9.17) is 16.3 Å². The minimum absolute atomic E-state index is 0.125. The molecule has 5 nitrogen and oxygen atoms in total. The second-order valence-electron chi connectivity index (χ2n) is 8.24. The lowest BCUT2D eigenvalue weighted by Crippen LogP contribution is -2.50. The van der Waals surface area contributed by atoms with Crippen LogP contribution in [0.5, 0.6) is 5.75 Å². The van der Waals surface area contributed by atoms with Crippen LogP contribution in [0.2, 0.25) is 5.02 Å². The molecule has 32 heavy (non-hydrogen) atoms. The summed E-state index contributed by atoms with van der Waals surface area (Å²) in [6.45, 7) is 10.6. The van der Waals surface area contributed by atoms with Crippen molar-refractivity contribution in [3.63, 3.8) is 0 Å². The molecule has 6 heteroatoms. The zero-order chi connectivity index (χ0) is 23.7. The van der Waals surface area contributed by atoms with Gasteiger partial charge in [-0.2, -0.15) is 0 Å². The average molecular weight is 459 g/mol. The minimum atomic E-state index is -0.557. The molecule has 1 atom stereocenters. The molecule has 0 aliphatic rings. The van der Waals surface area contributed by atoms with Crippen molar-refractivity contribution < 1.29 is 14.3 Å². The number of hydrogen-bond donors (Lipinski definition) is 1. The van der Waals surface area contributed by atoms with Crippen molar-refractivity contribution in [2.45, 2.75) is 66.5 Å². The normalized spacial score (nSPS) is 11.7. The SMILES string of the molecule is CCCCNC(=O)[C@@H](CC)N(Cc1ccc(C)cc1)C(=O)COc1cc(C)c(Cl)c(C)c1. The highest BCUT2D eigenvalue weighted by Crippen LogP contribution is 2.26. The van der Waals surface area contributed by atoms with Gasteiger partial charge in [-0.15, -0.1) is 0 Å². The lowest BCUT2D eigenvalue weighted by Gasteiger charge is -2.30. The highest BCUT2D eigenvalue weighted by molar-refractivity contribution is 6.32.